The average molecular weight is 258 g/mol. The Kier molecular flexibility index (Phi) is 5.87. The van der Waals surface area contributed by atoms with Crippen molar-refractivity contribution in [1.29, 1.82) is 5.26 Å². The van der Waals surface area contributed by atoms with E-state index in [9.17, 15) is 0 Å². The van der Waals surface area contributed by atoms with Crippen LogP contribution in [-0.4, -0.2) is 19.3 Å². The average Bonchev–Trinajstić information content (AvgIpc) is 2.96. The van der Waals surface area contributed by atoms with Gasteiger partial charge in [0.05, 0.1) is 17.7 Å². The summed E-state index contributed by atoms with van der Waals surface area (Å²) in [6.45, 7) is 2.70. The molecule has 0 amide bonds. The summed E-state index contributed by atoms with van der Waals surface area (Å²) in [4.78, 5) is 0. The van der Waals surface area contributed by atoms with Crippen LogP contribution in [-0.2, 0) is 11.3 Å². The maximum absolute atomic E-state index is 8.71. The number of rotatable bonds is 7. The Morgan fingerprint density at radius 2 is 1.95 bits per heavy atom. The molecule has 3 nitrogen and oxygen atoms in total. The molecule has 1 aromatic rings. The normalized spacial score (nSPS) is 15.5. The van der Waals surface area contributed by atoms with Gasteiger partial charge in [0.15, 0.2) is 0 Å². The lowest BCUT2D eigenvalue weighted by molar-refractivity contribution is 0.0568. The quantitative estimate of drug-likeness (QED) is 0.765. The first-order chi connectivity index (χ1) is 9.38. The molecule has 0 saturated heterocycles. The number of nitrogens with zero attached hydrogens (tertiary/aromatic N) is 1. The van der Waals surface area contributed by atoms with Crippen LogP contribution in [0.5, 0.6) is 0 Å². The van der Waals surface area contributed by atoms with Crippen LogP contribution >= 0.6 is 0 Å². The molecule has 3 heteroatoms. The van der Waals surface area contributed by atoms with Crippen LogP contribution in [0.1, 0.15) is 43.2 Å². The molecule has 1 fully saturated rings. The summed E-state index contributed by atoms with van der Waals surface area (Å²) in [5.74, 6) is 0. The van der Waals surface area contributed by atoms with Gasteiger partial charge in [0.1, 0.15) is 0 Å². The largest absolute Gasteiger partial charge is 0.378 e. The van der Waals surface area contributed by atoms with E-state index in [-0.39, 0.29) is 0 Å². The fourth-order valence-electron chi connectivity index (χ4n) is 2.43. The number of nitriles is 1. The van der Waals surface area contributed by atoms with Crippen molar-refractivity contribution in [2.75, 3.05) is 13.2 Å². The van der Waals surface area contributed by atoms with Crippen LogP contribution in [0.3, 0.4) is 0 Å². The SMILES string of the molecule is N#Cc1ccc(CNCCCOC2CCCC2)cc1. The molecule has 102 valence electrons. The number of hydrogen-bond donors (Lipinski definition) is 1. The van der Waals surface area contributed by atoms with E-state index in [0.717, 1.165) is 26.1 Å². The highest BCUT2D eigenvalue weighted by Crippen LogP contribution is 2.20. The molecule has 1 aliphatic rings. The first-order valence-corrected chi connectivity index (χ1v) is 7.20. The molecule has 19 heavy (non-hydrogen) atoms. The smallest absolute Gasteiger partial charge is 0.0991 e. The van der Waals surface area contributed by atoms with E-state index >= 15 is 0 Å². The van der Waals surface area contributed by atoms with Crippen molar-refractivity contribution in [1.82, 2.24) is 5.32 Å². The van der Waals surface area contributed by atoms with Gasteiger partial charge < -0.3 is 10.1 Å². The van der Waals surface area contributed by atoms with Gasteiger partial charge in [-0.2, -0.15) is 5.26 Å². The van der Waals surface area contributed by atoms with E-state index in [1.165, 1.54) is 31.2 Å². The maximum Gasteiger partial charge on any atom is 0.0991 e. The third kappa shape index (κ3) is 5.02. The molecule has 1 aliphatic carbocycles. The Morgan fingerprint density at radius 1 is 1.21 bits per heavy atom. The summed E-state index contributed by atoms with van der Waals surface area (Å²) < 4.78 is 5.81. The molecule has 1 saturated carbocycles. The van der Waals surface area contributed by atoms with Crippen LogP contribution < -0.4 is 5.32 Å². The van der Waals surface area contributed by atoms with Gasteiger partial charge in [-0.05, 0) is 43.5 Å². The van der Waals surface area contributed by atoms with Gasteiger partial charge in [-0.25, -0.2) is 0 Å². The number of ether oxygens (including phenoxy) is 1. The minimum absolute atomic E-state index is 0.526. The van der Waals surface area contributed by atoms with Crippen molar-refractivity contribution in [3.8, 4) is 6.07 Å². The van der Waals surface area contributed by atoms with Gasteiger partial charge >= 0.3 is 0 Å². The lowest BCUT2D eigenvalue weighted by Crippen LogP contribution is -2.18. The standard InChI is InChI=1S/C16H22N2O/c17-12-14-6-8-15(9-7-14)13-18-10-3-11-19-16-4-1-2-5-16/h6-9,16,18H,1-5,10-11,13H2. The first-order valence-electron chi connectivity index (χ1n) is 7.20. The molecular formula is C16H22N2O. The van der Waals surface area contributed by atoms with E-state index in [4.69, 9.17) is 10.00 Å². The van der Waals surface area contributed by atoms with Crippen LogP contribution in [0.15, 0.2) is 24.3 Å². The van der Waals surface area contributed by atoms with E-state index in [1.807, 2.05) is 24.3 Å². The zero-order valence-corrected chi connectivity index (χ0v) is 11.4. The fraction of sp³-hybridized carbons (Fsp3) is 0.562. The van der Waals surface area contributed by atoms with Crippen LogP contribution in [0, 0.1) is 11.3 Å². The molecule has 1 N–H and O–H groups in total. The Bertz CT molecular complexity index is 402. The highest BCUT2D eigenvalue weighted by molar-refractivity contribution is 5.31. The molecule has 1 aromatic carbocycles. The second-order valence-electron chi connectivity index (χ2n) is 5.12. The number of benzene rings is 1. The molecule has 0 atom stereocenters. The first kappa shape index (κ1) is 14.0. The summed E-state index contributed by atoms with van der Waals surface area (Å²) in [5, 5.41) is 12.1. The van der Waals surface area contributed by atoms with Crippen LogP contribution in [0.4, 0.5) is 0 Å². The highest BCUT2D eigenvalue weighted by Gasteiger charge is 2.14. The molecule has 0 unspecified atom stereocenters. The van der Waals surface area contributed by atoms with Gasteiger partial charge in [0, 0.05) is 13.2 Å². The number of hydrogen-bond acceptors (Lipinski definition) is 3. The Hall–Kier alpha value is -1.37. The summed E-state index contributed by atoms with van der Waals surface area (Å²) >= 11 is 0. The molecular weight excluding hydrogens is 236 g/mol. The Morgan fingerprint density at radius 3 is 2.63 bits per heavy atom. The molecule has 0 aromatic heterocycles. The predicted molar refractivity (Wildman–Crippen MR) is 75.7 cm³/mol. The van der Waals surface area contributed by atoms with Gasteiger partial charge in [-0.15, -0.1) is 0 Å². The second-order valence-corrected chi connectivity index (χ2v) is 5.12. The Labute approximate surface area is 115 Å². The van der Waals surface area contributed by atoms with Crippen molar-refractivity contribution >= 4 is 0 Å². The minimum atomic E-state index is 0.526. The summed E-state index contributed by atoms with van der Waals surface area (Å²) in [6, 6.07) is 9.85. The van der Waals surface area contributed by atoms with Crippen molar-refractivity contribution in [2.24, 2.45) is 0 Å². The van der Waals surface area contributed by atoms with Crippen molar-refractivity contribution in [2.45, 2.75) is 44.8 Å². The van der Waals surface area contributed by atoms with Crippen LogP contribution in [0.2, 0.25) is 0 Å². The lowest BCUT2D eigenvalue weighted by atomic mass is 10.1. The van der Waals surface area contributed by atoms with Gasteiger partial charge in [0.2, 0.25) is 0 Å². The summed E-state index contributed by atoms with van der Waals surface area (Å²) in [6.07, 6.45) is 6.76. The van der Waals surface area contributed by atoms with Crippen LogP contribution in [0.25, 0.3) is 0 Å². The van der Waals surface area contributed by atoms with Crippen molar-refractivity contribution in [3.05, 3.63) is 35.4 Å². The third-order valence-electron chi connectivity index (χ3n) is 3.57. The zero-order valence-electron chi connectivity index (χ0n) is 11.4. The molecule has 0 radical (unpaired) electrons. The maximum atomic E-state index is 8.71. The molecule has 0 spiro atoms. The second kappa shape index (κ2) is 7.93. The van der Waals surface area contributed by atoms with Gasteiger partial charge in [-0.3, -0.25) is 0 Å². The van der Waals surface area contributed by atoms with Crippen molar-refractivity contribution < 1.29 is 4.74 Å². The molecule has 0 bridgehead atoms. The van der Waals surface area contributed by atoms with E-state index in [1.54, 1.807) is 0 Å². The minimum Gasteiger partial charge on any atom is -0.378 e. The topological polar surface area (TPSA) is 45.0 Å². The highest BCUT2D eigenvalue weighted by atomic mass is 16.5. The van der Waals surface area contributed by atoms with Gasteiger partial charge in [0.25, 0.3) is 0 Å². The Balaban J connectivity index is 1.52. The van der Waals surface area contributed by atoms with Crippen molar-refractivity contribution in [3.63, 3.8) is 0 Å². The zero-order chi connectivity index (χ0) is 13.3. The van der Waals surface area contributed by atoms with E-state index < -0.39 is 0 Å². The van der Waals surface area contributed by atoms with E-state index in [2.05, 4.69) is 11.4 Å². The lowest BCUT2D eigenvalue weighted by Gasteiger charge is -2.11. The van der Waals surface area contributed by atoms with E-state index in [0.29, 0.717) is 11.7 Å². The third-order valence-corrected chi connectivity index (χ3v) is 3.57. The predicted octanol–water partition coefficient (Wildman–Crippen LogP) is 3.00. The fourth-order valence-corrected chi connectivity index (χ4v) is 2.43. The molecule has 0 heterocycles. The monoisotopic (exact) mass is 258 g/mol. The molecule has 0 aliphatic heterocycles. The summed E-state index contributed by atoms with van der Waals surface area (Å²) in [7, 11) is 0. The summed E-state index contributed by atoms with van der Waals surface area (Å²) in [5.41, 5.74) is 1.93. The van der Waals surface area contributed by atoms with Gasteiger partial charge in [-0.1, -0.05) is 25.0 Å². The number of nitrogens with one attached hydrogen (secondary N) is 1. The molecule has 2 rings (SSSR count).